The van der Waals surface area contributed by atoms with Gasteiger partial charge in [-0.15, -0.1) is 0 Å². The maximum Gasteiger partial charge on any atom is 0.200 e. The molecule has 2 rings (SSSR count). The van der Waals surface area contributed by atoms with Crippen LogP contribution >= 0.6 is 23.2 Å². The molecule has 2 aromatic carbocycles. The molecule has 2 aromatic rings. The number of rotatable bonds is 4. The van der Waals surface area contributed by atoms with E-state index >= 15 is 0 Å². The van der Waals surface area contributed by atoms with Crippen LogP contribution in [0.4, 0.5) is 4.39 Å². The van der Waals surface area contributed by atoms with Gasteiger partial charge >= 0.3 is 0 Å². The molecular weight excluding hydrogens is 302 g/mol. The first kappa shape index (κ1) is 14.8. The van der Waals surface area contributed by atoms with Crippen molar-refractivity contribution in [1.82, 2.24) is 0 Å². The van der Waals surface area contributed by atoms with Gasteiger partial charge in [0.25, 0.3) is 0 Å². The lowest BCUT2D eigenvalue weighted by Gasteiger charge is -2.09. The monoisotopic (exact) mass is 312 g/mol. The van der Waals surface area contributed by atoms with Crippen molar-refractivity contribution in [3.05, 3.63) is 63.4 Å². The maximum absolute atomic E-state index is 13.1. The molecule has 0 saturated heterocycles. The van der Waals surface area contributed by atoms with Gasteiger partial charge in [0.1, 0.15) is 11.6 Å². The van der Waals surface area contributed by atoms with Gasteiger partial charge in [-0.25, -0.2) is 4.39 Å². The van der Waals surface area contributed by atoms with E-state index in [-0.39, 0.29) is 12.4 Å². The highest BCUT2D eigenvalue weighted by atomic mass is 35.5. The summed E-state index contributed by atoms with van der Waals surface area (Å²) in [6, 6.07) is 8.77. The minimum absolute atomic E-state index is 0.192. The summed E-state index contributed by atoms with van der Waals surface area (Å²) in [6.45, 7) is 1.58. The second-order valence-electron chi connectivity index (χ2n) is 4.25. The summed E-state index contributed by atoms with van der Waals surface area (Å²) in [4.78, 5) is 12.0. The minimum atomic E-state index is -0.410. The lowest BCUT2D eigenvalue weighted by molar-refractivity contribution is 0.0921. The normalized spacial score (nSPS) is 10.4. The summed E-state index contributed by atoms with van der Waals surface area (Å²) in [6.07, 6.45) is 0. The van der Waals surface area contributed by atoms with Gasteiger partial charge in [0.15, 0.2) is 12.4 Å². The van der Waals surface area contributed by atoms with Crippen molar-refractivity contribution in [2.45, 2.75) is 6.92 Å². The largest absolute Gasteiger partial charge is 0.485 e. The third kappa shape index (κ3) is 3.50. The Bertz CT molecular complexity index is 656. The van der Waals surface area contributed by atoms with Gasteiger partial charge in [-0.3, -0.25) is 4.79 Å². The Morgan fingerprint density at radius 3 is 2.60 bits per heavy atom. The quantitative estimate of drug-likeness (QED) is 0.765. The number of aryl methyl sites for hydroxylation is 1. The molecule has 0 aromatic heterocycles. The number of carbonyl (C=O) groups is 1. The SMILES string of the molecule is Cc1ccc(F)cc1OCC(=O)c1ccc(Cl)c(Cl)c1. The fourth-order valence-corrected chi connectivity index (χ4v) is 1.92. The zero-order valence-electron chi connectivity index (χ0n) is 10.6. The van der Waals surface area contributed by atoms with Crippen LogP contribution in [-0.2, 0) is 0 Å². The van der Waals surface area contributed by atoms with E-state index in [9.17, 15) is 9.18 Å². The number of hydrogen-bond acceptors (Lipinski definition) is 2. The van der Waals surface area contributed by atoms with Crippen LogP contribution in [0.15, 0.2) is 36.4 Å². The van der Waals surface area contributed by atoms with Crippen LogP contribution < -0.4 is 4.74 Å². The Kier molecular flexibility index (Phi) is 4.63. The first-order valence-corrected chi connectivity index (χ1v) is 6.60. The molecule has 5 heteroatoms. The predicted octanol–water partition coefficient (Wildman–Crippen LogP) is 4.70. The average molecular weight is 313 g/mol. The molecule has 0 aliphatic heterocycles. The standard InChI is InChI=1S/C15H11Cl2FO2/c1-9-2-4-11(18)7-15(9)20-8-14(19)10-3-5-12(16)13(17)6-10/h2-7H,8H2,1H3. The van der Waals surface area contributed by atoms with Crippen LogP contribution in [0.1, 0.15) is 15.9 Å². The van der Waals surface area contributed by atoms with Gasteiger partial charge < -0.3 is 4.74 Å². The summed E-state index contributed by atoms with van der Waals surface area (Å²) < 4.78 is 18.4. The van der Waals surface area contributed by atoms with E-state index in [2.05, 4.69) is 0 Å². The Morgan fingerprint density at radius 1 is 1.15 bits per heavy atom. The molecule has 0 atom stereocenters. The summed E-state index contributed by atoms with van der Waals surface area (Å²) >= 11 is 11.6. The van der Waals surface area contributed by atoms with Crippen molar-refractivity contribution in [2.75, 3.05) is 6.61 Å². The second-order valence-corrected chi connectivity index (χ2v) is 5.06. The molecule has 104 valence electrons. The molecular formula is C15H11Cl2FO2. The zero-order valence-corrected chi connectivity index (χ0v) is 12.1. The fraction of sp³-hybridized carbons (Fsp3) is 0.133. The number of ketones is 1. The van der Waals surface area contributed by atoms with Crippen LogP contribution in [0, 0.1) is 12.7 Å². The Balaban J connectivity index is 2.08. The van der Waals surface area contributed by atoms with Crippen molar-refractivity contribution in [1.29, 1.82) is 0 Å². The summed E-state index contributed by atoms with van der Waals surface area (Å²) in [5.74, 6) is -0.321. The van der Waals surface area contributed by atoms with Gasteiger partial charge in [-0.2, -0.15) is 0 Å². The summed E-state index contributed by atoms with van der Waals surface area (Å²) in [7, 11) is 0. The zero-order chi connectivity index (χ0) is 14.7. The molecule has 0 radical (unpaired) electrons. The molecule has 2 nitrogen and oxygen atoms in total. The molecule has 0 unspecified atom stereocenters. The van der Waals surface area contributed by atoms with Crippen molar-refractivity contribution in [3.8, 4) is 5.75 Å². The number of carbonyl (C=O) groups excluding carboxylic acids is 1. The van der Waals surface area contributed by atoms with Crippen LogP contribution in [0.25, 0.3) is 0 Å². The fourth-order valence-electron chi connectivity index (χ4n) is 1.63. The van der Waals surface area contributed by atoms with E-state index in [0.29, 0.717) is 21.4 Å². The van der Waals surface area contributed by atoms with Crippen LogP contribution in [0.2, 0.25) is 10.0 Å². The molecule has 0 bridgehead atoms. The first-order valence-electron chi connectivity index (χ1n) is 5.84. The van der Waals surface area contributed by atoms with E-state index in [1.54, 1.807) is 25.1 Å². The number of Topliss-reactive ketones (excluding diaryl/α,β-unsaturated/α-hetero) is 1. The summed E-state index contributed by atoms with van der Waals surface area (Å²) in [5.41, 5.74) is 1.15. The van der Waals surface area contributed by atoms with Crippen LogP contribution in [-0.4, -0.2) is 12.4 Å². The van der Waals surface area contributed by atoms with E-state index in [1.165, 1.54) is 18.2 Å². The molecule has 0 aliphatic rings. The van der Waals surface area contributed by atoms with Gasteiger partial charge in [-0.05, 0) is 36.8 Å². The molecule has 0 saturated carbocycles. The van der Waals surface area contributed by atoms with Gasteiger partial charge in [0, 0.05) is 11.6 Å². The molecule has 0 aliphatic carbocycles. The highest BCUT2D eigenvalue weighted by molar-refractivity contribution is 6.42. The first-order chi connectivity index (χ1) is 9.47. The third-order valence-electron chi connectivity index (χ3n) is 2.75. The van der Waals surface area contributed by atoms with E-state index < -0.39 is 5.82 Å². The number of ether oxygens (including phenoxy) is 1. The number of halogens is 3. The van der Waals surface area contributed by atoms with Crippen molar-refractivity contribution in [2.24, 2.45) is 0 Å². The molecule has 0 spiro atoms. The van der Waals surface area contributed by atoms with E-state index in [4.69, 9.17) is 27.9 Å². The van der Waals surface area contributed by atoms with Crippen molar-refractivity contribution < 1.29 is 13.9 Å². The van der Waals surface area contributed by atoms with Gasteiger partial charge in [-0.1, -0.05) is 29.3 Å². The predicted molar refractivity (Wildman–Crippen MR) is 77.4 cm³/mol. The minimum Gasteiger partial charge on any atom is -0.485 e. The van der Waals surface area contributed by atoms with Crippen molar-refractivity contribution in [3.63, 3.8) is 0 Å². The highest BCUT2D eigenvalue weighted by Gasteiger charge is 2.10. The molecule has 0 heterocycles. The molecule has 0 fully saturated rings. The van der Waals surface area contributed by atoms with Gasteiger partial charge in [0.2, 0.25) is 0 Å². The third-order valence-corrected chi connectivity index (χ3v) is 3.49. The highest BCUT2D eigenvalue weighted by Crippen LogP contribution is 2.23. The van der Waals surface area contributed by atoms with Crippen LogP contribution in [0.5, 0.6) is 5.75 Å². The number of benzene rings is 2. The Labute approximate surface area is 126 Å². The Morgan fingerprint density at radius 2 is 1.90 bits per heavy atom. The van der Waals surface area contributed by atoms with E-state index in [0.717, 1.165) is 5.56 Å². The molecule has 20 heavy (non-hydrogen) atoms. The van der Waals surface area contributed by atoms with Crippen molar-refractivity contribution >= 4 is 29.0 Å². The van der Waals surface area contributed by atoms with E-state index in [1.807, 2.05) is 0 Å². The molecule has 0 N–H and O–H groups in total. The van der Waals surface area contributed by atoms with Gasteiger partial charge in [0.05, 0.1) is 10.0 Å². The smallest absolute Gasteiger partial charge is 0.200 e. The Hall–Kier alpha value is -1.58. The summed E-state index contributed by atoms with van der Waals surface area (Å²) in [5, 5.41) is 0.685. The van der Waals surface area contributed by atoms with Crippen LogP contribution in [0.3, 0.4) is 0 Å². The maximum atomic E-state index is 13.1. The topological polar surface area (TPSA) is 26.3 Å². The molecule has 0 amide bonds. The lowest BCUT2D eigenvalue weighted by atomic mass is 10.1. The second kappa shape index (κ2) is 6.25. The lowest BCUT2D eigenvalue weighted by Crippen LogP contribution is -2.12. The number of hydrogen-bond donors (Lipinski definition) is 0. The average Bonchev–Trinajstić information content (AvgIpc) is 2.42.